The van der Waals surface area contributed by atoms with Gasteiger partial charge in [0.2, 0.25) is 0 Å². The number of aromatic nitrogens is 1. The van der Waals surface area contributed by atoms with Gasteiger partial charge in [-0.05, 0) is 31.4 Å². The molecule has 1 aromatic heterocycles. The van der Waals surface area contributed by atoms with Crippen molar-refractivity contribution in [2.75, 3.05) is 18.0 Å². The third-order valence-corrected chi connectivity index (χ3v) is 4.63. The molecule has 1 aliphatic heterocycles. The summed E-state index contributed by atoms with van der Waals surface area (Å²) >= 11 is 5.26. The maximum atomic E-state index is 4.77. The summed E-state index contributed by atoms with van der Waals surface area (Å²) in [6, 6.07) is 8.33. The topological polar surface area (TPSA) is 16.1 Å². The predicted molar refractivity (Wildman–Crippen MR) is 81.3 cm³/mol. The van der Waals surface area contributed by atoms with Crippen LogP contribution in [0.4, 0.5) is 5.13 Å². The number of halogens is 1. The Bertz CT molecular complexity index is 532. The van der Waals surface area contributed by atoms with Gasteiger partial charge in [-0.2, -0.15) is 0 Å². The third kappa shape index (κ3) is 2.59. The first kappa shape index (κ1) is 12.2. The van der Waals surface area contributed by atoms with Crippen LogP contribution in [0.15, 0.2) is 34.1 Å². The SMILES string of the molecule is Brc1cccc(-c2csc(N3CCCCC3)n2)c1. The summed E-state index contributed by atoms with van der Waals surface area (Å²) < 4.78 is 1.10. The summed E-state index contributed by atoms with van der Waals surface area (Å²) in [6.45, 7) is 2.32. The highest BCUT2D eigenvalue weighted by atomic mass is 79.9. The summed E-state index contributed by atoms with van der Waals surface area (Å²) in [5.41, 5.74) is 2.27. The zero-order valence-corrected chi connectivity index (χ0v) is 12.5. The predicted octanol–water partition coefficient (Wildman–Crippen LogP) is 4.56. The molecule has 4 heteroatoms. The van der Waals surface area contributed by atoms with Gasteiger partial charge in [0.05, 0.1) is 5.69 Å². The number of benzene rings is 1. The molecule has 2 nitrogen and oxygen atoms in total. The van der Waals surface area contributed by atoms with Crippen LogP contribution in [0.1, 0.15) is 19.3 Å². The van der Waals surface area contributed by atoms with Gasteiger partial charge in [0.25, 0.3) is 0 Å². The zero-order chi connectivity index (χ0) is 12.4. The maximum Gasteiger partial charge on any atom is 0.185 e. The Morgan fingerprint density at radius 1 is 1.17 bits per heavy atom. The monoisotopic (exact) mass is 322 g/mol. The van der Waals surface area contributed by atoms with Gasteiger partial charge in [0.1, 0.15) is 0 Å². The first-order valence-electron chi connectivity index (χ1n) is 6.29. The van der Waals surface area contributed by atoms with Crippen molar-refractivity contribution in [1.82, 2.24) is 4.98 Å². The second-order valence-electron chi connectivity index (χ2n) is 4.57. The van der Waals surface area contributed by atoms with Crippen molar-refractivity contribution in [3.63, 3.8) is 0 Å². The highest BCUT2D eigenvalue weighted by Gasteiger charge is 2.14. The molecule has 2 heterocycles. The van der Waals surface area contributed by atoms with Crippen LogP contribution in [0.5, 0.6) is 0 Å². The van der Waals surface area contributed by atoms with E-state index < -0.39 is 0 Å². The Morgan fingerprint density at radius 3 is 2.78 bits per heavy atom. The molecule has 0 unspecified atom stereocenters. The fraction of sp³-hybridized carbons (Fsp3) is 0.357. The third-order valence-electron chi connectivity index (χ3n) is 3.24. The molecule has 0 N–H and O–H groups in total. The fourth-order valence-electron chi connectivity index (χ4n) is 2.28. The molecule has 0 amide bonds. The fourth-order valence-corrected chi connectivity index (χ4v) is 3.56. The van der Waals surface area contributed by atoms with Gasteiger partial charge in [-0.25, -0.2) is 4.98 Å². The zero-order valence-electron chi connectivity index (χ0n) is 10.1. The van der Waals surface area contributed by atoms with Crippen LogP contribution >= 0.6 is 27.3 Å². The van der Waals surface area contributed by atoms with Crippen LogP contribution in [-0.2, 0) is 0 Å². The molecular weight excluding hydrogens is 308 g/mol. The van der Waals surface area contributed by atoms with Crippen molar-refractivity contribution in [2.24, 2.45) is 0 Å². The molecule has 1 saturated heterocycles. The lowest BCUT2D eigenvalue weighted by Crippen LogP contribution is -2.29. The number of anilines is 1. The van der Waals surface area contributed by atoms with E-state index in [1.807, 2.05) is 6.07 Å². The van der Waals surface area contributed by atoms with E-state index in [1.54, 1.807) is 11.3 Å². The number of nitrogens with zero attached hydrogens (tertiary/aromatic N) is 2. The molecule has 0 aliphatic carbocycles. The Labute approximate surface area is 120 Å². The largest absolute Gasteiger partial charge is 0.348 e. The lowest BCUT2D eigenvalue weighted by molar-refractivity contribution is 0.577. The van der Waals surface area contributed by atoms with Crippen molar-refractivity contribution in [2.45, 2.75) is 19.3 Å². The minimum absolute atomic E-state index is 1.09. The summed E-state index contributed by atoms with van der Waals surface area (Å²) in [7, 11) is 0. The molecule has 0 saturated carbocycles. The Kier molecular flexibility index (Phi) is 3.66. The van der Waals surface area contributed by atoms with Crippen LogP contribution in [-0.4, -0.2) is 18.1 Å². The molecular formula is C14H15BrN2S. The van der Waals surface area contributed by atoms with E-state index in [9.17, 15) is 0 Å². The van der Waals surface area contributed by atoms with Crippen molar-refractivity contribution in [1.29, 1.82) is 0 Å². The molecule has 0 bridgehead atoms. The lowest BCUT2D eigenvalue weighted by atomic mass is 10.1. The molecule has 0 atom stereocenters. The molecule has 1 aromatic carbocycles. The standard InChI is InChI=1S/C14H15BrN2S/c15-12-6-4-5-11(9-12)13-10-18-14(16-13)17-7-2-1-3-8-17/h4-6,9-10H,1-3,7-8H2. The van der Waals surface area contributed by atoms with Crippen molar-refractivity contribution in [3.8, 4) is 11.3 Å². The first-order valence-corrected chi connectivity index (χ1v) is 7.96. The van der Waals surface area contributed by atoms with Crippen LogP contribution in [0.25, 0.3) is 11.3 Å². The van der Waals surface area contributed by atoms with Crippen LogP contribution in [0.3, 0.4) is 0 Å². The van der Waals surface area contributed by atoms with Crippen molar-refractivity contribution in [3.05, 3.63) is 34.1 Å². The number of rotatable bonds is 2. The average Bonchev–Trinajstić information content (AvgIpc) is 2.89. The summed E-state index contributed by atoms with van der Waals surface area (Å²) in [5, 5.41) is 3.33. The lowest BCUT2D eigenvalue weighted by Gasteiger charge is -2.25. The smallest absolute Gasteiger partial charge is 0.185 e. The average molecular weight is 323 g/mol. The van der Waals surface area contributed by atoms with Gasteiger partial charge in [0, 0.05) is 28.5 Å². The normalized spacial score (nSPS) is 15.9. The molecule has 1 fully saturated rings. The van der Waals surface area contributed by atoms with E-state index in [0.717, 1.165) is 23.3 Å². The first-order chi connectivity index (χ1) is 8.83. The van der Waals surface area contributed by atoms with Crippen molar-refractivity contribution >= 4 is 32.4 Å². The number of thiazole rings is 1. The molecule has 94 valence electrons. The molecule has 0 radical (unpaired) electrons. The summed E-state index contributed by atoms with van der Waals surface area (Å²) in [5.74, 6) is 0. The quantitative estimate of drug-likeness (QED) is 0.805. The minimum atomic E-state index is 1.09. The summed E-state index contributed by atoms with van der Waals surface area (Å²) in [6.07, 6.45) is 3.96. The molecule has 18 heavy (non-hydrogen) atoms. The second-order valence-corrected chi connectivity index (χ2v) is 6.33. The Balaban J connectivity index is 1.84. The highest BCUT2D eigenvalue weighted by molar-refractivity contribution is 9.10. The van der Waals surface area contributed by atoms with E-state index in [1.165, 1.54) is 30.0 Å². The van der Waals surface area contributed by atoms with Gasteiger partial charge in [-0.15, -0.1) is 11.3 Å². The van der Waals surface area contributed by atoms with Gasteiger partial charge >= 0.3 is 0 Å². The van der Waals surface area contributed by atoms with Crippen LogP contribution in [0, 0.1) is 0 Å². The van der Waals surface area contributed by atoms with E-state index in [2.05, 4.69) is 44.4 Å². The Hall–Kier alpha value is -0.870. The van der Waals surface area contributed by atoms with Crippen LogP contribution < -0.4 is 4.90 Å². The van der Waals surface area contributed by atoms with Gasteiger partial charge in [-0.1, -0.05) is 28.1 Å². The molecule has 1 aliphatic rings. The number of piperidine rings is 1. The van der Waals surface area contributed by atoms with E-state index in [0.29, 0.717) is 0 Å². The van der Waals surface area contributed by atoms with Gasteiger partial charge < -0.3 is 4.90 Å². The van der Waals surface area contributed by atoms with Gasteiger partial charge in [-0.3, -0.25) is 0 Å². The maximum absolute atomic E-state index is 4.77. The number of hydrogen-bond acceptors (Lipinski definition) is 3. The Morgan fingerprint density at radius 2 is 2.00 bits per heavy atom. The molecule has 2 aromatic rings. The van der Waals surface area contributed by atoms with E-state index >= 15 is 0 Å². The summed E-state index contributed by atoms with van der Waals surface area (Å²) in [4.78, 5) is 7.18. The van der Waals surface area contributed by atoms with E-state index in [4.69, 9.17) is 4.98 Å². The second kappa shape index (κ2) is 5.41. The molecule has 3 rings (SSSR count). The van der Waals surface area contributed by atoms with E-state index in [-0.39, 0.29) is 0 Å². The highest BCUT2D eigenvalue weighted by Crippen LogP contribution is 2.30. The number of hydrogen-bond donors (Lipinski definition) is 0. The van der Waals surface area contributed by atoms with Crippen molar-refractivity contribution < 1.29 is 0 Å². The van der Waals surface area contributed by atoms with Crippen LogP contribution in [0.2, 0.25) is 0 Å². The minimum Gasteiger partial charge on any atom is -0.348 e. The molecule has 0 spiro atoms. The van der Waals surface area contributed by atoms with Gasteiger partial charge in [0.15, 0.2) is 5.13 Å².